The summed E-state index contributed by atoms with van der Waals surface area (Å²) >= 11 is 20.6. The number of para-hydroxylation sites is 1. The van der Waals surface area contributed by atoms with Crippen LogP contribution in [0.25, 0.3) is 0 Å². The highest BCUT2D eigenvalue weighted by molar-refractivity contribution is 6.53. The summed E-state index contributed by atoms with van der Waals surface area (Å²) in [6.07, 6.45) is 1.96. The maximum Gasteiger partial charge on any atom is 0.253 e. The van der Waals surface area contributed by atoms with Crippen molar-refractivity contribution in [1.82, 2.24) is 4.90 Å². The summed E-state index contributed by atoms with van der Waals surface area (Å²) in [7, 11) is 2.67. The summed E-state index contributed by atoms with van der Waals surface area (Å²) in [5, 5.41) is 10.3. The number of hydrogen-bond acceptors (Lipinski definition) is 6. The molecule has 0 spiro atoms. The first kappa shape index (κ1) is 26.2. The van der Waals surface area contributed by atoms with E-state index in [9.17, 15) is 24.3 Å². The molecule has 11 heteroatoms. The summed E-state index contributed by atoms with van der Waals surface area (Å²) in [5.74, 6) is -5.45. The Morgan fingerprint density at radius 1 is 1.00 bits per heavy atom. The third-order valence-electron chi connectivity index (χ3n) is 8.63. The first-order chi connectivity index (χ1) is 18.5. The van der Waals surface area contributed by atoms with Gasteiger partial charge in [0.2, 0.25) is 11.8 Å². The number of methoxy groups -OCH3 is 1. The number of likely N-dealkylation sites (tertiary alicyclic amines) is 1. The molecule has 202 valence electrons. The number of allylic oxidation sites excluding steroid dienone is 2. The van der Waals surface area contributed by atoms with Gasteiger partial charge in [-0.1, -0.05) is 41.4 Å². The molecule has 2 aromatic carbocycles. The number of carbonyl (C=O) groups is 4. The second-order valence-electron chi connectivity index (χ2n) is 10.4. The van der Waals surface area contributed by atoms with Crippen molar-refractivity contribution in [2.75, 3.05) is 19.1 Å². The van der Waals surface area contributed by atoms with E-state index >= 15 is 0 Å². The second kappa shape index (κ2) is 8.71. The minimum Gasteiger partial charge on any atom is -0.503 e. The molecule has 8 nitrogen and oxygen atoms in total. The largest absolute Gasteiger partial charge is 0.503 e. The van der Waals surface area contributed by atoms with Crippen molar-refractivity contribution in [1.29, 1.82) is 0 Å². The topological polar surface area (TPSA) is 104 Å². The summed E-state index contributed by atoms with van der Waals surface area (Å²) in [4.78, 5) is 52.8. The van der Waals surface area contributed by atoms with Gasteiger partial charge in [0.15, 0.2) is 21.2 Å². The monoisotopic (exact) mass is 588 g/mol. The number of halogens is 3. The van der Waals surface area contributed by atoms with Gasteiger partial charge in [0.1, 0.15) is 0 Å². The van der Waals surface area contributed by atoms with Crippen LogP contribution in [0.15, 0.2) is 54.1 Å². The lowest BCUT2D eigenvalue weighted by atomic mass is 9.56. The highest BCUT2D eigenvalue weighted by Crippen LogP contribution is 2.65. The Morgan fingerprint density at radius 2 is 1.69 bits per heavy atom. The van der Waals surface area contributed by atoms with E-state index in [1.807, 2.05) is 6.08 Å². The van der Waals surface area contributed by atoms with Gasteiger partial charge in [-0.05, 0) is 48.6 Å². The highest BCUT2D eigenvalue weighted by atomic mass is 35.5. The average Bonchev–Trinajstić information content (AvgIpc) is 3.25. The molecule has 6 rings (SSSR count). The molecule has 2 aliphatic carbocycles. The molecule has 6 unspecified atom stereocenters. The number of ether oxygens (including phenoxy) is 1. The number of imide groups is 2. The fourth-order valence-electron chi connectivity index (χ4n) is 6.87. The van der Waals surface area contributed by atoms with Gasteiger partial charge in [-0.15, -0.1) is 23.2 Å². The predicted octanol–water partition coefficient (Wildman–Crippen LogP) is 4.25. The van der Waals surface area contributed by atoms with E-state index in [1.165, 1.54) is 31.2 Å². The molecule has 2 aliphatic heterocycles. The van der Waals surface area contributed by atoms with E-state index < -0.39 is 45.2 Å². The molecule has 0 aromatic heterocycles. The van der Waals surface area contributed by atoms with Gasteiger partial charge < -0.3 is 9.84 Å². The number of fused-ring (bicyclic) bond motifs is 4. The molecular weight excluding hydrogens is 567 g/mol. The van der Waals surface area contributed by atoms with Gasteiger partial charge in [0, 0.05) is 13.0 Å². The first-order valence-corrected chi connectivity index (χ1v) is 13.5. The minimum absolute atomic E-state index is 0.0434. The lowest BCUT2D eigenvalue weighted by Gasteiger charge is -2.50. The molecule has 4 amide bonds. The lowest BCUT2D eigenvalue weighted by molar-refractivity contribution is -0.138. The Bertz CT molecular complexity index is 1500. The maximum absolute atomic E-state index is 13.9. The molecule has 6 atom stereocenters. The van der Waals surface area contributed by atoms with E-state index in [0.29, 0.717) is 16.8 Å². The maximum atomic E-state index is 13.9. The summed E-state index contributed by atoms with van der Waals surface area (Å²) < 4.78 is 5.30. The van der Waals surface area contributed by atoms with Crippen LogP contribution in [0.1, 0.15) is 24.3 Å². The summed E-state index contributed by atoms with van der Waals surface area (Å²) in [5.41, 5.74) is 1.47. The number of rotatable bonds is 3. The zero-order chi connectivity index (χ0) is 28.0. The van der Waals surface area contributed by atoms with Crippen molar-refractivity contribution in [3.63, 3.8) is 0 Å². The standard InChI is InChI=1S/C28H23Cl3N2O6/c1-32-25(37)27(30)12-17-15(8-9-16-20(17)24(36)33(23(16)35)14-6-4-3-5-7-14)21(28(27,31)26(32)38)13-10-18(29)22(34)19(11-13)39-2/h3-8,10-11,16-17,20-21,34H,9,12H2,1-2H3. The van der Waals surface area contributed by atoms with Crippen molar-refractivity contribution in [3.8, 4) is 11.5 Å². The molecular formula is C28H23Cl3N2O6. The third-order valence-corrected chi connectivity index (χ3v) is 10.3. The average molecular weight is 590 g/mol. The molecule has 0 radical (unpaired) electrons. The SMILES string of the molecule is COc1cc(C2C3=CCC4C(=O)N(c5ccccc5)C(=O)C4C3CC3(Cl)C(=O)N(C)C(=O)C23Cl)cc(Cl)c1O. The number of nitrogens with zero attached hydrogens (tertiary/aromatic N) is 2. The highest BCUT2D eigenvalue weighted by Gasteiger charge is 2.76. The molecule has 2 heterocycles. The van der Waals surface area contributed by atoms with Crippen molar-refractivity contribution in [2.45, 2.75) is 28.5 Å². The van der Waals surface area contributed by atoms with Crippen LogP contribution in [-0.2, 0) is 19.2 Å². The normalized spacial score (nSPS) is 33.6. The Kier molecular flexibility index (Phi) is 5.85. The molecule has 39 heavy (non-hydrogen) atoms. The predicted molar refractivity (Wildman–Crippen MR) is 144 cm³/mol. The fourth-order valence-corrected chi connectivity index (χ4v) is 8.10. The molecule has 0 bridgehead atoms. The number of benzene rings is 2. The van der Waals surface area contributed by atoms with Crippen molar-refractivity contribution in [3.05, 3.63) is 64.7 Å². The smallest absolute Gasteiger partial charge is 0.253 e. The van der Waals surface area contributed by atoms with Crippen LogP contribution in [0, 0.1) is 17.8 Å². The molecule has 2 aromatic rings. The van der Waals surface area contributed by atoms with Crippen molar-refractivity contribution < 1.29 is 29.0 Å². The lowest BCUT2D eigenvalue weighted by Crippen LogP contribution is -2.60. The molecule has 3 fully saturated rings. The number of anilines is 1. The van der Waals surface area contributed by atoms with Crippen LogP contribution in [0.5, 0.6) is 11.5 Å². The third kappa shape index (κ3) is 3.25. The first-order valence-electron chi connectivity index (χ1n) is 12.4. The number of alkyl halides is 2. The molecule has 2 saturated heterocycles. The Morgan fingerprint density at radius 3 is 2.36 bits per heavy atom. The second-order valence-corrected chi connectivity index (χ2v) is 12.0. The van der Waals surface area contributed by atoms with Crippen LogP contribution in [0.3, 0.4) is 0 Å². The molecule has 1 N–H and O–H groups in total. The van der Waals surface area contributed by atoms with Crippen LogP contribution in [-0.4, -0.2) is 57.5 Å². The van der Waals surface area contributed by atoms with E-state index in [1.54, 1.807) is 30.3 Å². The van der Waals surface area contributed by atoms with Gasteiger partial charge in [-0.25, -0.2) is 0 Å². The number of carbonyl (C=O) groups excluding carboxylic acids is 4. The number of aromatic hydroxyl groups is 1. The van der Waals surface area contributed by atoms with Crippen molar-refractivity contribution in [2.24, 2.45) is 17.8 Å². The van der Waals surface area contributed by atoms with E-state index in [0.717, 1.165) is 4.90 Å². The quantitative estimate of drug-likeness (QED) is 0.326. The fraction of sp³-hybridized carbons (Fsp3) is 0.357. The Balaban J connectivity index is 1.55. The zero-order valence-corrected chi connectivity index (χ0v) is 23.1. The van der Waals surface area contributed by atoms with Crippen molar-refractivity contribution >= 4 is 64.1 Å². The zero-order valence-electron chi connectivity index (χ0n) is 20.9. The van der Waals surface area contributed by atoms with Crippen LogP contribution in [0.4, 0.5) is 5.69 Å². The number of phenolic OH excluding ortho intramolecular Hbond substituents is 1. The number of hydrogen-bond donors (Lipinski definition) is 1. The summed E-state index contributed by atoms with van der Waals surface area (Å²) in [6.45, 7) is 0. The van der Waals surface area contributed by atoms with Gasteiger partial charge >= 0.3 is 0 Å². The van der Waals surface area contributed by atoms with Gasteiger partial charge in [-0.3, -0.25) is 29.0 Å². The number of phenols is 1. The van der Waals surface area contributed by atoms with E-state index in [2.05, 4.69) is 0 Å². The number of amides is 4. The van der Waals surface area contributed by atoms with Gasteiger partial charge in [0.05, 0.1) is 29.7 Å². The van der Waals surface area contributed by atoms with Crippen LogP contribution < -0.4 is 9.64 Å². The Hall–Kier alpha value is -3.07. The van der Waals surface area contributed by atoms with E-state index in [-0.39, 0.29) is 41.2 Å². The molecule has 1 saturated carbocycles. The van der Waals surface area contributed by atoms with Crippen LogP contribution >= 0.6 is 34.8 Å². The van der Waals surface area contributed by atoms with Gasteiger partial charge in [-0.2, -0.15) is 0 Å². The minimum atomic E-state index is -1.95. The van der Waals surface area contributed by atoms with E-state index in [4.69, 9.17) is 39.5 Å². The summed E-state index contributed by atoms with van der Waals surface area (Å²) in [6, 6.07) is 11.6. The van der Waals surface area contributed by atoms with Gasteiger partial charge in [0.25, 0.3) is 11.8 Å². The van der Waals surface area contributed by atoms with Crippen LogP contribution in [0.2, 0.25) is 5.02 Å². The Labute approximate surface area is 239 Å². The molecule has 4 aliphatic rings.